The minimum Gasteiger partial charge on any atom is -0.496 e. The lowest BCUT2D eigenvalue weighted by atomic mass is 10.1. The Bertz CT molecular complexity index is 529. The first-order chi connectivity index (χ1) is 8.70. The number of nitrogens with zero attached hydrogens (tertiary/aromatic N) is 1. The maximum Gasteiger partial charge on any atom is 0.132 e. The number of para-hydroxylation sites is 1. The van der Waals surface area contributed by atoms with Gasteiger partial charge in [0.1, 0.15) is 10.8 Å². The highest BCUT2D eigenvalue weighted by atomic mass is 32.2. The fourth-order valence-electron chi connectivity index (χ4n) is 1.58. The van der Waals surface area contributed by atoms with Crippen LogP contribution in [0.2, 0.25) is 0 Å². The van der Waals surface area contributed by atoms with Crippen LogP contribution < -0.4 is 10.5 Å². The van der Waals surface area contributed by atoms with Crippen molar-refractivity contribution in [3.63, 3.8) is 0 Å². The van der Waals surface area contributed by atoms with Crippen LogP contribution in [0.5, 0.6) is 5.75 Å². The van der Waals surface area contributed by atoms with Crippen LogP contribution in [-0.2, 0) is 0 Å². The molecule has 0 aliphatic rings. The van der Waals surface area contributed by atoms with Crippen LogP contribution in [0, 0.1) is 0 Å². The number of methoxy groups -OCH3 is 1. The van der Waals surface area contributed by atoms with Crippen molar-refractivity contribution in [2.75, 3.05) is 7.11 Å². The molecule has 3 nitrogen and oxygen atoms in total. The van der Waals surface area contributed by atoms with Crippen molar-refractivity contribution in [3.05, 3.63) is 48.2 Å². The van der Waals surface area contributed by atoms with E-state index in [9.17, 15) is 0 Å². The van der Waals surface area contributed by atoms with Crippen LogP contribution in [0.4, 0.5) is 0 Å². The molecule has 2 aromatic rings. The number of aromatic nitrogens is 1. The van der Waals surface area contributed by atoms with Gasteiger partial charge in [0.15, 0.2) is 0 Å². The molecule has 1 aromatic heterocycles. The molecule has 0 aliphatic heterocycles. The maximum atomic E-state index is 5.87. The second kappa shape index (κ2) is 5.89. The summed E-state index contributed by atoms with van der Waals surface area (Å²) in [6, 6.07) is 11.9. The predicted octanol–water partition coefficient (Wildman–Crippen LogP) is 3.26. The minimum absolute atomic E-state index is 0.0185. The standard InChI is InChI=1S/C14H16N2OS/c1-10(15)11-7-8-16-14(9-11)18-13-6-4-3-5-12(13)17-2/h3-10H,15H2,1-2H3/t10-/m0/s1. The molecule has 0 amide bonds. The summed E-state index contributed by atoms with van der Waals surface area (Å²) in [5.41, 5.74) is 6.96. The molecule has 0 saturated carbocycles. The number of hydrogen-bond donors (Lipinski definition) is 1. The summed E-state index contributed by atoms with van der Waals surface area (Å²) >= 11 is 1.58. The third-order valence-electron chi connectivity index (χ3n) is 2.57. The monoisotopic (exact) mass is 260 g/mol. The van der Waals surface area contributed by atoms with Gasteiger partial charge >= 0.3 is 0 Å². The van der Waals surface area contributed by atoms with E-state index < -0.39 is 0 Å². The molecule has 0 saturated heterocycles. The highest BCUT2D eigenvalue weighted by Crippen LogP contribution is 2.34. The minimum atomic E-state index is 0.0185. The Kier molecular flexibility index (Phi) is 4.23. The Balaban J connectivity index is 2.25. The molecule has 0 radical (unpaired) electrons. The van der Waals surface area contributed by atoms with Gasteiger partial charge in [-0.15, -0.1) is 0 Å². The molecule has 2 N–H and O–H groups in total. The van der Waals surface area contributed by atoms with Gasteiger partial charge in [0.2, 0.25) is 0 Å². The number of nitrogens with two attached hydrogens (primary N) is 1. The number of pyridine rings is 1. The second-order valence-electron chi connectivity index (χ2n) is 3.97. The third kappa shape index (κ3) is 3.03. The SMILES string of the molecule is COc1ccccc1Sc1cc([C@H](C)N)ccn1. The maximum absolute atomic E-state index is 5.87. The first kappa shape index (κ1) is 12.9. The van der Waals surface area contributed by atoms with Crippen molar-refractivity contribution in [2.24, 2.45) is 5.73 Å². The zero-order valence-electron chi connectivity index (χ0n) is 10.5. The number of ether oxygens (including phenoxy) is 1. The van der Waals surface area contributed by atoms with Crippen molar-refractivity contribution < 1.29 is 4.74 Å². The van der Waals surface area contributed by atoms with E-state index in [2.05, 4.69) is 4.98 Å². The van der Waals surface area contributed by atoms with E-state index in [1.165, 1.54) is 0 Å². The highest BCUT2D eigenvalue weighted by molar-refractivity contribution is 7.99. The fourth-order valence-corrected chi connectivity index (χ4v) is 2.51. The van der Waals surface area contributed by atoms with Crippen molar-refractivity contribution in [1.82, 2.24) is 4.98 Å². The summed E-state index contributed by atoms with van der Waals surface area (Å²) in [6.45, 7) is 1.97. The van der Waals surface area contributed by atoms with Gasteiger partial charge in [0.25, 0.3) is 0 Å². The summed E-state index contributed by atoms with van der Waals surface area (Å²) in [5.74, 6) is 0.857. The third-order valence-corrected chi connectivity index (χ3v) is 3.56. The highest BCUT2D eigenvalue weighted by Gasteiger charge is 2.07. The molecule has 4 heteroatoms. The molecule has 1 heterocycles. The summed E-state index contributed by atoms with van der Waals surface area (Å²) in [7, 11) is 1.67. The summed E-state index contributed by atoms with van der Waals surface area (Å²) < 4.78 is 5.32. The zero-order chi connectivity index (χ0) is 13.0. The molecule has 0 fully saturated rings. The first-order valence-corrected chi connectivity index (χ1v) is 6.54. The Hall–Kier alpha value is -1.52. The molecule has 0 spiro atoms. The lowest BCUT2D eigenvalue weighted by molar-refractivity contribution is 0.405. The van der Waals surface area contributed by atoms with Crippen LogP contribution in [0.1, 0.15) is 18.5 Å². The van der Waals surface area contributed by atoms with Crippen molar-refractivity contribution in [3.8, 4) is 5.75 Å². The lowest BCUT2D eigenvalue weighted by Gasteiger charge is -2.09. The van der Waals surface area contributed by atoms with Gasteiger partial charge < -0.3 is 10.5 Å². The Morgan fingerprint density at radius 1 is 1.28 bits per heavy atom. The Morgan fingerprint density at radius 2 is 2.06 bits per heavy atom. The van der Waals surface area contributed by atoms with Crippen molar-refractivity contribution >= 4 is 11.8 Å². The number of rotatable bonds is 4. The van der Waals surface area contributed by atoms with Crippen LogP contribution in [-0.4, -0.2) is 12.1 Å². The van der Waals surface area contributed by atoms with Crippen LogP contribution in [0.15, 0.2) is 52.5 Å². The van der Waals surface area contributed by atoms with E-state index in [0.29, 0.717) is 0 Å². The molecular weight excluding hydrogens is 244 g/mol. The molecule has 0 aliphatic carbocycles. The molecule has 1 aromatic carbocycles. The molecule has 94 valence electrons. The molecular formula is C14H16N2OS. The van der Waals surface area contributed by atoms with E-state index in [-0.39, 0.29) is 6.04 Å². The molecule has 18 heavy (non-hydrogen) atoms. The topological polar surface area (TPSA) is 48.1 Å². The summed E-state index contributed by atoms with van der Waals surface area (Å²) in [4.78, 5) is 5.39. The van der Waals surface area contributed by atoms with Crippen LogP contribution >= 0.6 is 11.8 Å². The van der Waals surface area contributed by atoms with E-state index >= 15 is 0 Å². The number of hydrogen-bond acceptors (Lipinski definition) is 4. The van der Waals surface area contributed by atoms with Gasteiger partial charge in [-0.25, -0.2) is 4.98 Å². The molecule has 2 rings (SSSR count). The second-order valence-corrected chi connectivity index (χ2v) is 5.03. The average molecular weight is 260 g/mol. The fraction of sp³-hybridized carbons (Fsp3) is 0.214. The van der Waals surface area contributed by atoms with Gasteiger partial charge in [-0.05, 0) is 36.8 Å². The largest absolute Gasteiger partial charge is 0.496 e. The van der Waals surface area contributed by atoms with Crippen LogP contribution in [0.3, 0.4) is 0 Å². The first-order valence-electron chi connectivity index (χ1n) is 5.73. The zero-order valence-corrected chi connectivity index (χ0v) is 11.3. The predicted molar refractivity (Wildman–Crippen MR) is 74.0 cm³/mol. The van der Waals surface area contributed by atoms with E-state index in [0.717, 1.165) is 21.2 Å². The van der Waals surface area contributed by atoms with Crippen molar-refractivity contribution in [2.45, 2.75) is 22.9 Å². The summed E-state index contributed by atoms with van der Waals surface area (Å²) in [5, 5.41) is 0.925. The van der Waals surface area contributed by atoms with Gasteiger partial charge in [-0.3, -0.25) is 0 Å². The quantitative estimate of drug-likeness (QED) is 0.916. The van der Waals surface area contributed by atoms with Gasteiger partial charge in [0.05, 0.1) is 12.0 Å². The smallest absolute Gasteiger partial charge is 0.132 e. The lowest BCUT2D eigenvalue weighted by Crippen LogP contribution is -2.04. The summed E-state index contributed by atoms with van der Waals surface area (Å²) in [6.07, 6.45) is 1.79. The van der Waals surface area contributed by atoms with Crippen molar-refractivity contribution in [1.29, 1.82) is 0 Å². The molecule has 0 unspecified atom stereocenters. The van der Waals surface area contributed by atoms with Gasteiger partial charge in [0, 0.05) is 12.2 Å². The average Bonchev–Trinajstić information content (AvgIpc) is 2.39. The van der Waals surface area contributed by atoms with Gasteiger partial charge in [-0.1, -0.05) is 23.9 Å². The molecule has 0 bridgehead atoms. The van der Waals surface area contributed by atoms with Crippen LogP contribution in [0.25, 0.3) is 0 Å². The molecule has 1 atom stereocenters. The Labute approximate surface area is 111 Å². The van der Waals surface area contributed by atoms with E-state index in [1.54, 1.807) is 25.1 Å². The van der Waals surface area contributed by atoms with E-state index in [1.807, 2.05) is 43.3 Å². The van der Waals surface area contributed by atoms with E-state index in [4.69, 9.17) is 10.5 Å². The normalized spacial score (nSPS) is 12.2. The number of benzene rings is 1. The van der Waals surface area contributed by atoms with Gasteiger partial charge in [-0.2, -0.15) is 0 Å². The Morgan fingerprint density at radius 3 is 2.78 bits per heavy atom.